The predicted molar refractivity (Wildman–Crippen MR) is 79.3 cm³/mol. The number of nitrogens with two attached hydrogens (primary N) is 1. The minimum absolute atomic E-state index is 0.202. The highest BCUT2D eigenvalue weighted by Gasteiger charge is 2.33. The molecule has 0 unspecified atom stereocenters. The second-order valence-corrected chi connectivity index (χ2v) is 7.20. The van der Waals surface area contributed by atoms with Gasteiger partial charge < -0.3 is 5.73 Å². The highest BCUT2D eigenvalue weighted by atomic mass is 19.4. The Kier molecular flexibility index (Phi) is 4.39. The van der Waals surface area contributed by atoms with Crippen molar-refractivity contribution in [2.75, 3.05) is 0 Å². The predicted octanol–water partition coefficient (Wildman–Crippen LogP) is 4.99. The molecule has 0 heterocycles. The Morgan fingerprint density at radius 1 is 0.905 bits per heavy atom. The summed E-state index contributed by atoms with van der Waals surface area (Å²) in [6, 6.07) is 4.78. The third kappa shape index (κ3) is 4.00. The van der Waals surface area contributed by atoms with E-state index in [2.05, 4.69) is 0 Å². The van der Waals surface area contributed by atoms with E-state index in [0.29, 0.717) is 0 Å². The van der Waals surface area contributed by atoms with Crippen LogP contribution in [0.4, 0.5) is 13.2 Å². The smallest absolute Gasteiger partial charge is 0.328 e. The van der Waals surface area contributed by atoms with Crippen molar-refractivity contribution in [1.29, 1.82) is 0 Å². The molecule has 0 spiro atoms. The van der Waals surface area contributed by atoms with Gasteiger partial charge >= 0.3 is 6.18 Å². The van der Waals surface area contributed by atoms with Crippen molar-refractivity contribution in [3.63, 3.8) is 0 Å². The molecule has 0 aliphatic heterocycles. The molecule has 1 nitrogen and oxygen atoms in total. The number of halogens is 3. The molecule has 118 valence electrons. The van der Waals surface area contributed by atoms with Gasteiger partial charge in [-0.15, -0.1) is 0 Å². The summed E-state index contributed by atoms with van der Waals surface area (Å²) in [5, 5.41) is 0. The maximum Gasteiger partial charge on any atom is 0.416 e. The Hall–Kier alpha value is -1.03. The molecule has 21 heavy (non-hydrogen) atoms. The molecule has 1 aromatic carbocycles. The van der Waals surface area contributed by atoms with Crippen molar-refractivity contribution >= 4 is 0 Å². The van der Waals surface area contributed by atoms with Gasteiger partial charge in [-0.05, 0) is 60.3 Å². The summed E-state index contributed by atoms with van der Waals surface area (Å²) >= 11 is 0. The van der Waals surface area contributed by atoms with Crippen molar-refractivity contribution in [2.45, 2.75) is 70.0 Å². The molecule has 2 rings (SSSR count). The van der Waals surface area contributed by atoms with Crippen LogP contribution in [0.3, 0.4) is 0 Å². The molecule has 0 atom stereocenters. The van der Waals surface area contributed by atoms with E-state index in [1.54, 1.807) is 0 Å². The topological polar surface area (TPSA) is 26.0 Å². The molecule has 4 heteroatoms. The fourth-order valence-electron chi connectivity index (χ4n) is 2.94. The zero-order chi connectivity index (χ0) is 15.8. The highest BCUT2D eigenvalue weighted by Crippen LogP contribution is 2.39. The third-order valence-electron chi connectivity index (χ3n) is 4.39. The van der Waals surface area contributed by atoms with Crippen LogP contribution in [-0.4, -0.2) is 6.04 Å². The zero-order valence-electron chi connectivity index (χ0n) is 12.9. The molecular weight excluding hydrogens is 275 g/mol. The van der Waals surface area contributed by atoms with Gasteiger partial charge in [-0.1, -0.05) is 26.8 Å². The lowest BCUT2D eigenvalue weighted by molar-refractivity contribution is -0.137. The summed E-state index contributed by atoms with van der Waals surface area (Å²) in [5.74, 6) is 0.202. The molecule has 0 amide bonds. The lowest BCUT2D eigenvalue weighted by Gasteiger charge is -2.29. The van der Waals surface area contributed by atoms with Crippen molar-refractivity contribution in [3.05, 3.63) is 34.9 Å². The fourth-order valence-corrected chi connectivity index (χ4v) is 2.94. The van der Waals surface area contributed by atoms with Gasteiger partial charge in [0.1, 0.15) is 0 Å². The Morgan fingerprint density at radius 3 is 1.90 bits per heavy atom. The maximum absolute atomic E-state index is 13.1. The van der Waals surface area contributed by atoms with Crippen LogP contribution < -0.4 is 5.73 Å². The first kappa shape index (κ1) is 16.3. The zero-order valence-corrected chi connectivity index (χ0v) is 12.9. The molecule has 1 saturated carbocycles. The first-order valence-corrected chi connectivity index (χ1v) is 7.55. The van der Waals surface area contributed by atoms with Crippen LogP contribution in [0, 0.1) is 0 Å². The first-order valence-electron chi connectivity index (χ1n) is 7.55. The number of hydrogen-bond donors (Lipinski definition) is 1. The maximum atomic E-state index is 13.1. The van der Waals surface area contributed by atoms with E-state index in [4.69, 9.17) is 5.73 Å². The van der Waals surface area contributed by atoms with Gasteiger partial charge in [-0.3, -0.25) is 0 Å². The van der Waals surface area contributed by atoms with Crippen LogP contribution in [-0.2, 0) is 11.6 Å². The minimum Gasteiger partial charge on any atom is -0.328 e. The normalized spacial score (nSPS) is 24.1. The lowest BCUT2D eigenvalue weighted by Crippen LogP contribution is -2.26. The van der Waals surface area contributed by atoms with Gasteiger partial charge in [0, 0.05) is 6.04 Å². The van der Waals surface area contributed by atoms with Crippen LogP contribution in [0.25, 0.3) is 0 Å². The van der Waals surface area contributed by atoms with Gasteiger partial charge in [0.15, 0.2) is 0 Å². The summed E-state index contributed by atoms with van der Waals surface area (Å²) in [7, 11) is 0. The van der Waals surface area contributed by atoms with Crippen LogP contribution >= 0.6 is 0 Å². The van der Waals surface area contributed by atoms with Crippen LogP contribution in [0.5, 0.6) is 0 Å². The minimum atomic E-state index is -4.29. The molecule has 1 aliphatic carbocycles. The monoisotopic (exact) mass is 299 g/mol. The summed E-state index contributed by atoms with van der Waals surface area (Å²) in [6.45, 7) is 5.84. The molecule has 0 saturated heterocycles. The molecular formula is C17H24F3N. The number of benzene rings is 1. The molecule has 1 aliphatic rings. The fraction of sp³-hybridized carbons (Fsp3) is 0.647. The number of rotatable bonds is 1. The Balaban J connectivity index is 2.41. The van der Waals surface area contributed by atoms with Gasteiger partial charge in [0.05, 0.1) is 5.56 Å². The van der Waals surface area contributed by atoms with E-state index in [0.717, 1.165) is 36.8 Å². The SMILES string of the molecule is CC(C)(C)c1cc(C2CCC(N)CC2)cc(C(F)(F)F)c1. The second kappa shape index (κ2) is 5.64. The average Bonchev–Trinajstić information content (AvgIpc) is 2.37. The summed E-state index contributed by atoms with van der Waals surface area (Å²) < 4.78 is 39.4. The van der Waals surface area contributed by atoms with E-state index in [-0.39, 0.29) is 17.4 Å². The standard InChI is InChI=1S/C17H24F3N/c1-16(2,3)13-8-12(9-14(10-13)17(18,19)20)11-4-6-15(21)7-5-11/h8-11,15H,4-7,21H2,1-3H3. The largest absolute Gasteiger partial charge is 0.416 e. The Morgan fingerprint density at radius 2 is 1.43 bits per heavy atom. The lowest BCUT2D eigenvalue weighted by atomic mass is 9.78. The first-order chi connectivity index (χ1) is 9.57. The van der Waals surface area contributed by atoms with Crippen LogP contribution in [0.1, 0.15) is 69.1 Å². The van der Waals surface area contributed by atoms with Crippen molar-refractivity contribution in [1.82, 2.24) is 0 Å². The van der Waals surface area contributed by atoms with Crippen molar-refractivity contribution < 1.29 is 13.2 Å². The van der Waals surface area contributed by atoms with Crippen LogP contribution in [0.2, 0.25) is 0 Å². The van der Waals surface area contributed by atoms with E-state index in [9.17, 15) is 13.2 Å². The number of alkyl halides is 3. The second-order valence-electron chi connectivity index (χ2n) is 7.20. The van der Waals surface area contributed by atoms with Crippen molar-refractivity contribution in [3.8, 4) is 0 Å². The molecule has 0 aromatic heterocycles. The van der Waals surface area contributed by atoms with Gasteiger partial charge in [0.25, 0.3) is 0 Å². The molecule has 1 aromatic rings. The van der Waals surface area contributed by atoms with E-state index in [1.807, 2.05) is 26.8 Å². The highest BCUT2D eigenvalue weighted by molar-refractivity contribution is 5.37. The quantitative estimate of drug-likeness (QED) is 0.777. The van der Waals surface area contributed by atoms with E-state index < -0.39 is 11.7 Å². The van der Waals surface area contributed by atoms with Gasteiger partial charge in [0.2, 0.25) is 0 Å². The molecule has 2 N–H and O–H groups in total. The molecule has 0 bridgehead atoms. The summed E-state index contributed by atoms with van der Waals surface area (Å²) in [5.41, 5.74) is 6.65. The van der Waals surface area contributed by atoms with E-state index in [1.165, 1.54) is 12.1 Å². The summed E-state index contributed by atoms with van der Waals surface area (Å²) in [6.07, 6.45) is -0.739. The number of hydrogen-bond acceptors (Lipinski definition) is 1. The van der Waals surface area contributed by atoms with Gasteiger partial charge in [-0.25, -0.2) is 0 Å². The summed E-state index contributed by atoms with van der Waals surface area (Å²) in [4.78, 5) is 0. The molecule has 0 radical (unpaired) electrons. The van der Waals surface area contributed by atoms with Gasteiger partial charge in [-0.2, -0.15) is 13.2 Å². The molecule has 1 fully saturated rings. The Bertz CT molecular complexity index is 459. The van der Waals surface area contributed by atoms with Crippen molar-refractivity contribution in [2.24, 2.45) is 5.73 Å². The third-order valence-corrected chi connectivity index (χ3v) is 4.39. The van der Waals surface area contributed by atoms with Crippen LogP contribution in [0.15, 0.2) is 18.2 Å². The average molecular weight is 299 g/mol. The Labute approximate surface area is 124 Å². The van der Waals surface area contributed by atoms with E-state index >= 15 is 0 Å².